The monoisotopic (exact) mass is 168 g/mol. The van der Waals surface area contributed by atoms with Crippen molar-refractivity contribution in [2.45, 2.75) is 13.5 Å². The molecular weight excluding hydrogens is 152 g/mol. The van der Waals surface area contributed by atoms with Crippen LogP contribution in [0.2, 0.25) is 0 Å². The summed E-state index contributed by atoms with van der Waals surface area (Å²) >= 11 is 0. The van der Waals surface area contributed by atoms with Crippen LogP contribution in [-0.2, 0) is 6.54 Å². The quantitative estimate of drug-likeness (QED) is 0.641. The molecule has 2 N–H and O–H groups in total. The zero-order valence-corrected chi connectivity index (χ0v) is 7.68. The van der Waals surface area contributed by atoms with E-state index >= 15 is 0 Å². The van der Waals surface area contributed by atoms with Crippen molar-refractivity contribution in [1.29, 1.82) is 0 Å². The van der Waals surface area contributed by atoms with Gasteiger partial charge in [0.05, 0.1) is 6.26 Å². The Morgan fingerprint density at radius 3 is 2.83 bits per heavy atom. The molecule has 0 atom stereocenters. The summed E-state index contributed by atoms with van der Waals surface area (Å²) in [6, 6.07) is 2.00. The van der Waals surface area contributed by atoms with Gasteiger partial charge in [0.25, 0.3) is 0 Å². The second-order valence-electron chi connectivity index (χ2n) is 2.78. The molecule has 0 aromatic carbocycles. The van der Waals surface area contributed by atoms with E-state index in [0.717, 1.165) is 25.4 Å². The fourth-order valence-electron chi connectivity index (χ4n) is 1.03. The Morgan fingerprint density at radius 1 is 1.42 bits per heavy atom. The third kappa shape index (κ3) is 2.68. The van der Waals surface area contributed by atoms with Crippen molar-refractivity contribution >= 4 is 0 Å². The van der Waals surface area contributed by atoms with E-state index in [1.54, 1.807) is 6.26 Å². The fraction of sp³-hybridized carbons (Fsp3) is 0.556. The van der Waals surface area contributed by atoms with Crippen LogP contribution in [0.3, 0.4) is 0 Å². The highest BCUT2D eigenvalue weighted by Crippen LogP contribution is 2.07. The Morgan fingerprint density at radius 2 is 2.25 bits per heavy atom. The largest absolute Gasteiger partial charge is 0.469 e. The summed E-state index contributed by atoms with van der Waals surface area (Å²) < 4.78 is 5.17. The maximum atomic E-state index is 5.17. The number of hydrogen-bond donors (Lipinski definition) is 2. The van der Waals surface area contributed by atoms with Crippen molar-refractivity contribution in [1.82, 2.24) is 10.6 Å². The second kappa shape index (κ2) is 4.95. The highest BCUT2D eigenvalue weighted by atomic mass is 16.3. The molecule has 1 aromatic heterocycles. The topological polar surface area (TPSA) is 37.2 Å². The zero-order chi connectivity index (χ0) is 8.81. The Kier molecular flexibility index (Phi) is 3.84. The summed E-state index contributed by atoms with van der Waals surface area (Å²) in [4.78, 5) is 0. The maximum absolute atomic E-state index is 5.17. The lowest BCUT2D eigenvalue weighted by molar-refractivity contribution is 0.526. The molecule has 0 aliphatic heterocycles. The van der Waals surface area contributed by atoms with Gasteiger partial charge in [0.15, 0.2) is 0 Å². The predicted octanol–water partition coefficient (Wildman–Crippen LogP) is 0.897. The number of hydrogen-bond acceptors (Lipinski definition) is 3. The minimum atomic E-state index is 0.893. The molecule has 0 amide bonds. The van der Waals surface area contributed by atoms with Crippen LogP contribution in [0.4, 0.5) is 0 Å². The van der Waals surface area contributed by atoms with Gasteiger partial charge < -0.3 is 15.1 Å². The van der Waals surface area contributed by atoms with E-state index in [2.05, 4.69) is 10.6 Å². The summed E-state index contributed by atoms with van der Waals surface area (Å²) in [5.74, 6) is 1.01. The van der Waals surface area contributed by atoms with Crippen LogP contribution in [0.1, 0.15) is 11.3 Å². The van der Waals surface area contributed by atoms with Gasteiger partial charge >= 0.3 is 0 Å². The van der Waals surface area contributed by atoms with Gasteiger partial charge in [0.1, 0.15) is 5.76 Å². The molecule has 1 aromatic rings. The first kappa shape index (κ1) is 9.29. The third-order valence-corrected chi connectivity index (χ3v) is 1.83. The molecule has 1 heterocycles. The van der Waals surface area contributed by atoms with E-state index in [0.29, 0.717) is 0 Å². The summed E-state index contributed by atoms with van der Waals surface area (Å²) in [5, 5.41) is 6.38. The minimum Gasteiger partial charge on any atom is -0.469 e. The van der Waals surface area contributed by atoms with E-state index in [9.17, 15) is 0 Å². The first-order chi connectivity index (χ1) is 5.84. The molecule has 0 spiro atoms. The molecule has 12 heavy (non-hydrogen) atoms. The first-order valence-electron chi connectivity index (χ1n) is 4.23. The van der Waals surface area contributed by atoms with Gasteiger partial charge in [-0.15, -0.1) is 0 Å². The summed E-state index contributed by atoms with van der Waals surface area (Å²) in [7, 11) is 1.95. The summed E-state index contributed by atoms with van der Waals surface area (Å²) in [6.45, 7) is 4.86. The maximum Gasteiger partial charge on any atom is 0.105 e. The zero-order valence-electron chi connectivity index (χ0n) is 7.68. The van der Waals surface area contributed by atoms with Gasteiger partial charge in [0.2, 0.25) is 0 Å². The SMILES string of the molecule is CNCCNCc1ccoc1C. The van der Waals surface area contributed by atoms with Crippen LogP contribution in [-0.4, -0.2) is 20.1 Å². The molecule has 0 unspecified atom stereocenters. The average molecular weight is 168 g/mol. The van der Waals surface area contributed by atoms with Crippen molar-refractivity contribution in [2.75, 3.05) is 20.1 Å². The predicted molar refractivity (Wildman–Crippen MR) is 49.1 cm³/mol. The number of aryl methyl sites for hydroxylation is 1. The van der Waals surface area contributed by atoms with E-state index in [4.69, 9.17) is 4.42 Å². The molecule has 0 radical (unpaired) electrons. The smallest absolute Gasteiger partial charge is 0.105 e. The molecule has 1 rings (SSSR count). The lowest BCUT2D eigenvalue weighted by Crippen LogP contribution is -2.24. The van der Waals surface area contributed by atoms with Crippen LogP contribution < -0.4 is 10.6 Å². The minimum absolute atomic E-state index is 0.893. The molecule has 68 valence electrons. The molecule has 3 heteroatoms. The summed E-state index contributed by atoms with van der Waals surface area (Å²) in [5.41, 5.74) is 1.24. The van der Waals surface area contributed by atoms with Crippen LogP contribution in [0.15, 0.2) is 16.7 Å². The summed E-state index contributed by atoms with van der Waals surface area (Å²) in [6.07, 6.45) is 1.73. The molecule has 0 saturated carbocycles. The fourth-order valence-corrected chi connectivity index (χ4v) is 1.03. The van der Waals surface area contributed by atoms with Crippen LogP contribution in [0, 0.1) is 6.92 Å². The highest BCUT2D eigenvalue weighted by Gasteiger charge is 1.98. The van der Waals surface area contributed by atoms with Gasteiger partial charge in [-0.1, -0.05) is 0 Å². The molecule has 0 saturated heterocycles. The van der Waals surface area contributed by atoms with Gasteiger partial charge in [0, 0.05) is 25.2 Å². The number of furan rings is 1. The van der Waals surface area contributed by atoms with Crippen molar-refractivity contribution in [3.63, 3.8) is 0 Å². The van der Waals surface area contributed by atoms with Crippen molar-refractivity contribution in [2.24, 2.45) is 0 Å². The first-order valence-corrected chi connectivity index (χ1v) is 4.23. The van der Waals surface area contributed by atoms with Gasteiger partial charge in [-0.3, -0.25) is 0 Å². The lowest BCUT2D eigenvalue weighted by Gasteiger charge is -2.02. The van der Waals surface area contributed by atoms with Gasteiger partial charge in [-0.25, -0.2) is 0 Å². The molecule has 0 aliphatic carbocycles. The highest BCUT2D eigenvalue weighted by molar-refractivity contribution is 5.14. The Hall–Kier alpha value is -0.800. The number of rotatable bonds is 5. The number of nitrogens with one attached hydrogen (secondary N) is 2. The van der Waals surface area contributed by atoms with E-state index in [1.807, 2.05) is 20.0 Å². The molecule has 0 bridgehead atoms. The van der Waals surface area contributed by atoms with Gasteiger partial charge in [-0.2, -0.15) is 0 Å². The van der Waals surface area contributed by atoms with Crippen LogP contribution >= 0.6 is 0 Å². The normalized spacial score (nSPS) is 10.5. The Labute approximate surface area is 73.2 Å². The van der Waals surface area contributed by atoms with Crippen LogP contribution in [0.5, 0.6) is 0 Å². The van der Waals surface area contributed by atoms with E-state index in [1.165, 1.54) is 5.56 Å². The molecule has 3 nitrogen and oxygen atoms in total. The molecule has 0 fully saturated rings. The van der Waals surface area contributed by atoms with Gasteiger partial charge in [-0.05, 0) is 20.0 Å². The van der Waals surface area contributed by atoms with E-state index in [-0.39, 0.29) is 0 Å². The van der Waals surface area contributed by atoms with E-state index < -0.39 is 0 Å². The van der Waals surface area contributed by atoms with Crippen molar-refractivity contribution in [3.8, 4) is 0 Å². The Balaban J connectivity index is 2.20. The standard InChI is InChI=1S/C9H16N2O/c1-8-9(3-6-12-8)7-11-5-4-10-2/h3,6,10-11H,4-5,7H2,1-2H3. The second-order valence-corrected chi connectivity index (χ2v) is 2.78. The van der Waals surface area contributed by atoms with Crippen molar-refractivity contribution < 1.29 is 4.42 Å². The molecule has 0 aliphatic rings. The number of likely N-dealkylation sites (N-methyl/N-ethyl adjacent to an activating group) is 1. The third-order valence-electron chi connectivity index (χ3n) is 1.83. The van der Waals surface area contributed by atoms with Crippen molar-refractivity contribution in [3.05, 3.63) is 23.7 Å². The Bertz CT molecular complexity index is 220. The lowest BCUT2D eigenvalue weighted by atomic mass is 10.2. The molecular formula is C9H16N2O. The average Bonchev–Trinajstić information content (AvgIpc) is 2.46. The van der Waals surface area contributed by atoms with Crippen LogP contribution in [0.25, 0.3) is 0 Å².